The van der Waals surface area contributed by atoms with Gasteiger partial charge in [-0.25, -0.2) is 0 Å². The number of aliphatic hydroxyl groups excluding tert-OH is 2. The van der Waals surface area contributed by atoms with Crippen LogP contribution >= 0.6 is 0 Å². The summed E-state index contributed by atoms with van der Waals surface area (Å²) in [5.74, 6) is -3.24. The van der Waals surface area contributed by atoms with Gasteiger partial charge in [0, 0.05) is 64.1 Å². The number of nitrogens with one attached hydrogen (secondary N) is 1. The number of hydrogen-bond acceptors (Lipinski definition) is 17. The van der Waals surface area contributed by atoms with E-state index >= 15 is 0 Å². The first kappa shape index (κ1) is 57.2. The first-order valence-electron chi connectivity index (χ1n) is 23.7. The highest BCUT2D eigenvalue weighted by molar-refractivity contribution is 5.77. The fourth-order valence-corrected chi connectivity index (χ4v) is 10.0. The third-order valence-electron chi connectivity index (χ3n) is 14.1. The zero-order chi connectivity index (χ0) is 49.2. The Kier molecular flexibility index (Phi) is 22.0. The van der Waals surface area contributed by atoms with Crippen molar-refractivity contribution in [2.75, 3.05) is 55.1 Å². The van der Waals surface area contributed by atoms with E-state index < -0.39 is 96.0 Å². The van der Waals surface area contributed by atoms with E-state index in [4.69, 9.17) is 33.2 Å². The van der Waals surface area contributed by atoms with E-state index in [-0.39, 0.29) is 68.7 Å². The van der Waals surface area contributed by atoms with Crippen molar-refractivity contribution >= 4 is 17.8 Å². The zero-order valence-corrected chi connectivity index (χ0v) is 42.1. The van der Waals surface area contributed by atoms with Gasteiger partial charge in [-0.2, -0.15) is 0 Å². The Bertz CT molecular complexity index is 1490. The molecule has 18 atom stereocenters. The molecule has 18 heteroatoms. The molecule has 65 heavy (non-hydrogen) atoms. The molecule has 3 saturated heterocycles. The zero-order valence-electron chi connectivity index (χ0n) is 42.1. The van der Waals surface area contributed by atoms with Crippen LogP contribution in [0, 0.1) is 17.8 Å². The molecular formula is C47H87N3O15. The standard InChI is InChI=1S/C47H87N3O15/c1-16-34-47(10,57)40(53)31(6)50(13)26-27(2)24-45(8,56)42(29(4)38(30(5)43(55)63-34)64-37-25-46(9,59-15)41(54)32(7)62-37)65-44-39(33(49(11)12)23-28(3)61-44)60-22-18-21-48-35(51)19-17-20-36(52)58-14/h27-34,37-42,44,53-54,56-57H,16-26H2,1-15H3,(H,48,51). The molecule has 3 aliphatic heterocycles. The monoisotopic (exact) mass is 934 g/mol. The largest absolute Gasteiger partial charge is 0.469 e. The third-order valence-corrected chi connectivity index (χ3v) is 14.1. The maximum absolute atomic E-state index is 14.5. The number of esters is 2. The predicted molar refractivity (Wildman–Crippen MR) is 241 cm³/mol. The van der Waals surface area contributed by atoms with Gasteiger partial charge in [-0.3, -0.25) is 14.4 Å². The van der Waals surface area contributed by atoms with Crippen molar-refractivity contribution < 1.29 is 72.7 Å². The summed E-state index contributed by atoms with van der Waals surface area (Å²) in [7, 11) is 8.58. The van der Waals surface area contributed by atoms with Crippen LogP contribution in [-0.2, 0) is 52.3 Å². The van der Waals surface area contributed by atoms with Gasteiger partial charge in [-0.15, -0.1) is 0 Å². The number of hydrogen-bond donors (Lipinski definition) is 5. The molecule has 0 spiro atoms. The van der Waals surface area contributed by atoms with Gasteiger partial charge >= 0.3 is 11.9 Å². The molecule has 0 bridgehead atoms. The van der Waals surface area contributed by atoms with Gasteiger partial charge in [0.2, 0.25) is 5.91 Å². The lowest BCUT2D eigenvalue weighted by Crippen LogP contribution is -2.61. The topological polar surface area (TPSA) is 224 Å². The fourth-order valence-electron chi connectivity index (χ4n) is 10.0. The molecule has 0 aliphatic carbocycles. The summed E-state index contributed by atoms with van der Waals surface area (Å²) in [6, 6.07) is -0.738. The first-order valence-corrected chi connectivity index (χ1v) is 23.7. The summed E-state index contributed by atoms with van der Waals surface area (Å²) in [6.07, 6.45) is -6.72. The van der Waals surface area contributed by atoms with E-state index in [0.29, 0.717) is 32.4 Å². The van der Waals surface area contributed by atoms with Gasteiger partial charge < -0.3 is 73.4 Å². The minimum atomic E-state index is -1.83. The van der Waals surface area contributed by atoms with Crippen molar-refractivity contribution in [3.8, 4) is 0 Å². The number of methoxy groups -OCH3 is 2. The number of nitrogens with zero attached hydrogens (tertiary/aromatic N) is 2. The van der Waals surface area contributed by atoms with Gasteiger partial charge in [-0.1, -0.05) is 20.8 Å². The summed E-state index contributed by atoms with van der Waals surface area (Å²) in [5.41, 5.74) is -4.48. The molecule has 3 fully saturated rings. The minimum absolute atomic E-state index is 0.110. The summed E-state index contributed by atoms with van der Waals surface area (Å²) >= 11 is 0. The first-order chi connectivity index (χ1) is 30.2. The van der Waals surface area contributed by atoms with Crippen molar-refractivity contribution in [2.24, 2.45) is 17.8 Å². The molecule has 5 N–H and O–H groups in total. The van der Waals surface area contributed by atoms with Crippen LogP contribution in [0.2, 0.25) is 0 Å². The predicted octanol–water partition coefficient (Wildman–Crippen LogP) is 2.77. The molecule has 18 unspecified atom stereocenters. The fraction of sp³-hybridized carbons (Fsp3) is 0.936. The molecule has 0 aromatic rings. The maximum Gasteiger partial charge on any atom is 0.311 e. The number of aliphatic hydroxyl groups is 4. The Hall–Kier alpha value is -2.07. The molecular weight excluding hydrogens is 847 g/mol. The quantitative estimate of drug-likeness (QED) is 0.111. The van der Waals surface area contributed by atoms with Gasteiger partial charge in [0.1, 0.15) is 30.0 Å². The van der Waals surface area contributed by atoms with Crippen molar-refractivity contribution in [1.29, 1.82) is 0 Å². The molecule has 3 aliphatic rings. The van der Waals surface area contributed by atoms with E-state index in [0.717, 1.165) is 0 Å². The molecule has 18 nitrogen and oxygen atoms in total. The van der Waals surface area contributed by atoms with E-state index in [2.05, 4.69) is 15.0 Å². The summed E-state index contributed by atoms with van der Waals surface area (Å²) in [4.78, 5) is 42.4. The van der Waals surface area contributed by atoms with Gasteiger partial charge in [0.15, 0.2) is 12.6 Å². The Morgan fingerprint density at radius 2 is 1.58 bits per heavy atom. The maximum atomic E-state index is 14.5. The number of likely N-dealkylation sites (N-methyl/N-ethyl adjacent to an activating group) is 2. The second-order valence-electron chi connectivity index (χ2n) is 20.1. The highest BCUT2D eigenvalue weighted by Gasteiger charge is 2.53. The summed E-state index contributed by atoms with van der Waals surface area (Å²) in [5, 5.41) is 50.3. The van der Waals surface area contributed by atoms with Crippen LogP contribution in [0.1, 0.15) is 121 Å². The Morgan fingerprint density at radius 1 is 0.923 bits per heavy atom. The van der Waals surface area contributed by atoms with Crippen molar-refractivity contribution in [3.63, 3.8) is 0 Å². The van der Waals surface area contributed by atoms with Crippen LogP contribution in [0.5, 0.6) is 0 Å². The average Bonchev–Trinajstić information content (AvgIpc) is 3.23. The molecule has 0 aromatic carbocycles. The Balaban J connectivity index is 2.09. The van der Waals surface area contributed by atoms with Crippen molar-refractivity contribution in [3.05, 3.63) is 0 Å². The second-order valence-corrected chi connectivity index (χ2v) is 20.1. The second kappa shape index (κ2) is 25.0. The van der Waals surface area contributed by atoms with Crippen LogP contribution in [0.4, 0.5) is 0 Å². The molecule has 0 saturated carbocycles. The van der Waals surface area contributed by atoms with Crippen LogP contribution < -0.4 is 5.32 Å². The molecule has 3 heterocycles. The third kappa shape index (κ3) is 15.2. The number of cyclic esters (lactones) is 1. The van der Waals surface area contributed by atoms with E-state index in [1.807, 2.05) is 46.8 Å². The van der Waals surface area contributed by atoms with Gasteiger partial charge in [0.05, 0.1) is 48.6 Å². The highest BCUT2D eigenvalue weighted by atomic mass is 16.7. The highest BCUT2D eigenvalue weighted by Crippen LogP contribution is 2.40. The smallest absolute Gasteiger partial charge is 0.311 e. The van der Waals surface area contributed by atoms with Gasteiger partial charge in [-0.05, 0) is 108 Å². The number of carbonyl (C=O) groups excluding carboxylic acids is 3. The minimum Gasteiger partial charge on any atom is -0.469 e. The number of carbonyl (C=O) groups is 3. The molecule has 1 amide bonds. The molecule has 380 valence electrons. The van der Waals surface area contributed by atoms with Crippen LogP contribution in [0.15, 0.2) is 0 Å². The average molecular weight is 934 g/mol. The molecule has 0 aromatic heterocycles. The van der Waals surface area contributed by atoms with Crippen LogP contribution in [0.3, 0.4) is 0 Å². The summed E-state index contributed by atoms with van der Waals surface area (Å²) in [6.45, 7) is 18.7. The Labute approximate surface area is 388 Å². The normalized spacial score (nSPS) is 41.8. The van der Waals surface area contributed by atoms with Crippen molar-refractivity contribution in [2.45, 2.75) is 211 Å². The number of amides is 1. The van der Waals surface area contributed by atoms with Gasteiger partial charge in [0.25, 0.3) is 0 Å². The van der Waals surface area contributed by atoms with Crippen LogP contribution in [-0.4, -0.2) is 193 Å². The Morgan fingerprint density at radius 3 is 2.18 bits per heavy atom. The summed E-state index contributed by atoms with van der Waals surface area (Å²) < 4.78 is 49.9. The lowest BCUT2D eigenvalue weighted by atomic mass is 9.77. The SMILES string of the molecule is CCC1OC(=O)C(C)C(OC2CC(C)(OC)C(O)C(C)O2)C(C)C(OC2OC(C)CC(N(C)C)C2OCCCNC(=O)CCCC(=O)OC)C(C)(O)CC(C)CN(C)C(C)C(O)C1(C)O. The van der Waals surface area contributed by atoms with Crippen molar-refractivity contribution in [1.82, 2.24) is 15.1 Å². The molecule has 0 radical (unpaired) electrons. The van der Waals surface area contributed by atoms with E-state index in [1.54, 1.807) is 41.5 Å². The van der Waals surface area contributed by atoms with E-state index in [9.17, 15) is 34.8 Å². The lowest BCUT2D eigenvalue weighted by molar-refractivity contribution is -0.321. The molecule has 3 rings (SSSR count). The number of ether oxygens (including phenoxy) is 8. The van der Waals surface area contributed by atoms with E-state index in [1.165, 1.54) is 21.1 Å². The van der Waals surface area contributed by atoms with Crippen LogP contribution in [0.25, 0.3) is 0 Å². The lowest BCUT2D eigenvalue weighted by Gasteiger charge is -2.49. The number of rotatable bonds is 16.